The lowest BCUT2D eigenvalue weighted by molar-refractivity contribution is -0.690. The maximum Gasteiger partial charge on any atom is 0.189 e. The Morgan fingerprint density at radius 3 is 2.50 bits per heavy atom. The lowest BCUT2D eigenvalue weighted by Gasteiger charge is -1.97. The minimum Gasteiger partial charge on any atom is -0.619 e. The van der Waals surface area contributed by atoms with E-state index in [0.717, 1.165) is 16.8 Å². The summed E-state index contributed by atoms with van der Waals surface area (Å²) in [5, 5.41) is 11.0. The Morgan fingerprint density at radius 1 is 1.00 bits per heavy atom. The van der Waals surface area contributed by atoms with Crippen molar-refractivity contribution in [2.24, 2.45) is 0 Å². The van der Waals surface area contributed by atoms with E-state index in [4.69, 9.17) is 0 Å². The van der Waals surface area contributed by atoms with Gasteiger partial charge < -0.3 is 5.21 Å². The third-order valence-corrected chi connectivity index (χ3v) is 1.98. The monoisotopic (exact) mass is 187 g/mol. The number of aromatic nitrogens is 2. The van der Waals surface area contributed by atoms with E-state index in [1.165, 1.54) is 6.20 Å². The molecule has 0 unspecified atom stereocenters. The highest BCUT2D eigenvalue weighted by atomic mass is 16.5. The maximum atomic E-state index is 11.0. The van der Waals surface area contributed by atoms with Crippen molar-refractivity contribution in [1.29, 1.82) is 0 Å². The first-order valence-electron chi connectivity index (χ1n) is 4.46. The zero-order valence-electron chi connectivity index (χ0n) is 7.71. The lowest BCUT2D eigenvalue weighted by Crippen LogP contribution is -2.34. The molecule has 0 saturated carbocycles. The molecule has 0 bridgehead atoms. The zero-order chi connectivity index (χ0) is 9.80. The number of rotatable bonds is 2. The van der Waals surface area contributed by atoms with Gasteiger partial charge in [-0.3, -0.25) is 0 Å². The van der Waals surface area contributed by atoms with Crippen LogP contribution in [0.15, 0.2) is 55.1 Å². The highest BCUT2D eigenvalue weighted by molar-refractivity contribution is 5.03. The molecule has 0 spiro atoms. The quantitative estimate of drug-likeness (QED) is 0.501. The van der Waals surface area contributed by atoms with Gasteiger partial charge in [0.15, 0.2) is 31.3 Å². The van der Waals surface area contributed by atoms with E-state index in [0.29, 0.717) is 0 Å². The first-order chi connectivity index (χ1) is 6.84. The molecule has 0 aliphatic rings. The molecule has 2 aromatic heterocycles. The molecule has 0 radical (unpaired) electrons. The van der Waals surface area contributed by atoms with Gasteiger partial charge in [0.1, 0.15) is 0 Å². The van der Waals surface area contributed by atoms with Crippen molar-refractivity contribution in [2.75, 3.05) is 0 Å². The van der Waals surface area contributed by atoms with Crippen molar-refractivity contribution in [1.82, 2.24) is 0 Å². The zero-order valence-corrected chi connectivity index (χ0v) is 7.71. The first-order valence-corrected chi connectivity index (χ1v) is 4.46. The van der Waals surface area contributed by atoms with Crippen LogP contribution in [0.3, 0.4) is 0 Å². The smallest absolute Gasteiger partial charge is 0.189 e. The Labute approximate surface area is 82.5 Å². The molecule has 0 amide bonds. The van der Waals surface area contributed by atoms with Crippen molar-refractivity contribution in [3.05, 3.63) is 65.9 Å². The molecule has 70 valence electrons. The summed E-state index contributed by atoms with van der Waals surface area (Å²) in [5.74, 6) is 0. The molecule has 2 aromatic rings. The van der Waals surface area contributed by atoms with Gasteiger partial charge in [0, 0.05) is 18.2 Å². The van der Waals surface area contributed by atoms with Gasteiger partial charge >= 0.3 is 0 Å². The Balaban J connectivity index is 2.19. The van der Waals surface area contributed by atoms with E-state index in [9.17, 15) is 5.21 Å². The lowest BCUT2D eigenvalue weighted by atomic mass is 10.3. The third kappa shape index (κ3) is 2.07. The normalized spacial score (nSPS) is 10.0. The van der Waals surface area contributed by atoms with E-state index in [-0.39, 0.29) is 0 Å². The number of hydrogen-bond acceptors (Lipinski definition) is 1. The molecule has 0 atom stereocenters. The van der Waals surface area contributed by atoms with Crippen LogP contribution in [0.5, 0.6) is 0 Å². The molecule has 2 heterocycles. The fourth-order valence-electron chi connectivity index (χ4n) is 1.35. The number of hydrogen-bond donors (Lipinski definition) is 0. The van der Waals surface area contributed by atoms with Crippen LogP contribution >= 0.6 is 0 Å². The van der Waals surface area contributed by atoms with Crippen LogP contribution in [0.2, 0.25) is 0 Å². The Bertz CT molecular complexity index is 415. The summed E-state index contributed by atoms with van der Waals surface area (Å²) in [6, 6.07) is 9.60. The molecular formula is C11H11N2O+. The average Bonchev–Trinajstić information content (AvgIpc) is 2.19. The summed E-state index contributed by atoms with van der Waals surface area (Å²) in [7, 11) is 0. The van der Waals surface area contributed by atoms with Gasteiger partial charge in [-0.05, 0) is 6.07 Å². The van der Waals surface area contributed by atoms with Gasteiger partial charge in [-0.1, -0.05) is 6.07 Å². The van der Waals surface area contributed by atoms with Crippen LogP contribution in [-0.4, -0.2) is 0 Å². The van der Waals surface area contributed by atoms with Gasteiger partial charge in [-0.25, -0.2) is 4.57 Å². The van der Waals surface area contributed by atoms with Crippen LogP contribution in [0.1, 0.15) is 5.56 Å². The fraction of sp³-hybridized carbons (Fsp3) is 0.0909. The van der Waals surface area contributed by atoms with Crippen molar-refractivity contribution in [3.8, 4) is 0 Å². The standard InChI is InChI=1S/C11H11N2O/c14-13-8-4-5-11(10-13)9-12-6-2-1-3-7-12/h1-8,10H,9H2/q+1. The molecule has 0 N–H and O–H groups in total. The van der Waals surface area contributed by atoms with Gasteiger partial charge in [0.2, 0.25) is 0 Å². The highest BCUT2D eigenvalue weighted by Gasteiger charge is 2.03. The van der Waals surface area contributed by atoms with Crippen LogP contribution in [-0.2, 0) is 6.54 Å². The predicted octanol–water partition coefficient (Wildman–Crippen LogP) is 0.656. The summed E-state index contributed by atoms with van der Waals surface area (Å²) in [6.45, 7) is 0.726. The summed E-state index contributed by atoms with van der Waals surface area (Å²) in [4.78, 5) is 0. The Kier molecular flexibility index (Phi) is 2.40. The summed E-state index contributed by atoms with van der Waals surface area (Å²) in [6.07, 6.45) is 7.02. The topological polar surface area (TPSA) is 30.8 Å². The van der Waals surface area contributed by atoms with Crippen molar-refractivity contribution < 1.29 is 9.30 Å². The minimum absolute atomic E-state index is 0.726. The molecule has 0 saturated heterocycles. The largest absolute Gasteiger partial charge is 0.619 e. The Hall–Kier alpha value is -1.90. The Morgan fingerprint density at radius 2 is 1.79 bits per heavy atom. The molecule has 0 aromatic carbocycles. The van der Waals surface area contributed by atoms with Crippen molar-refractivity contribution in [3.63, 3.8) is 0 Å². The minimum atomic E-state index is 0.726. The van der Waals surface area contributed by atoms with Gasteiger partial charge in [0.05, 0.1) is 5.56 Å². The van der Waals surface area contributed by atoms with Gasteiger partial charge in [-0.15, -0.1) is 0 Å². The first kappa shape index (κ1) is 8.69. The molecule has 3 heteroatoms. The second-order valence-corrected chi connectivity index (χ2v) is 3.12. The summed E-state index contributed by atoms with van der Waals surface area (Å²) in [5.41, 5.74) is 0.999. The highest BCUT2D eigenvalue weighted by Crippen LogP contribution is 1.92. The van der Waals surface area contributed by atoms with Gasteiger partial charge in [-0.2, -0.15) is 4.73 Å². The number of pyridine rings is 2. The predicted molar refractivity (Wildman–Crippen MR) is 51.1 cm³/mol. The van der Waals surface area contributed by atoms with Crippen LogP contribution in [0.25, 0.3) is 0 Å². The molecule has 2 rings (SSSR count). The molecular weight excluding hydrogens is 176 g/mol. The SMILES string of the molecule is [O-][n+]1cccc(C[n+]2ccccc2)c1. The maximum absolute atomic E-state index is 11.0. The van der Waals surface area contributed by atoms with Crippen LogP contribution in [0.4, 0.5) is 0 Å². The molecule has 0 aliphatic carbocycles. The van der Waals surface area contributed by atoms with Crippen LogP contribution in [0, 0.1) is 5.21 Å². The van der Waals surface area contributed by atoms with E-state index >= 15 is 0 Å². The average molecular weight is 187 g/mol. The van der Waals surface area contributed by atoms with Crippen molar-refractivity contribution in [2.45, 2.75) is 6.54 Å². The van der Waals surface area contributed by atoms with E-state index in [1.54, 1.807) is 12.3 Å². The fourth-order valence-corrected chi connectivity index (χ4v) is 1.35. The van der Waals surface area contributed by atoms with E-state index in [1.807, 2.05) is 41.2 Å². The van der Waals surface area contributed by atoms with Gasteiger partial charge in [0.25, 0.3) is 0 Å². The second kappa shape index (κ2) is 3.87. The summed E-state index contributed by atoms with van der Waals surface area (Å²) >= 11 is 0. The van der Waals surface area contributed by atoms with E-state index < -0.39 is 0 Å². The van der Waals surface area contributed by atoms with Crippen molar-refractivity contribution >= 4 is 0 Å². The van der Waals surface area contributed by atoms with E-state index in [2.05, 4.69) is 0 Å². The molecule has 0 aliphatic heterocycles. The molecule has 14 heavy (non-hydrogen) atoms. The van der Waals surface area contributed by atoms with Crippen LogP contribution < -0.4 is 9.30 Å². The number of nitrogens with zero attached hydrogens (tertiary/aromatic N) is 2. The second-order valence-electron chi connectivity index (χ2n) is 3.12. The summed E-state index contributed by atoms with van der Waals surface area (Å²) < 4.78 is 2.84. The molecule has 0 fully saturated rings. The third-order valence-electron chi connectivity index (χ3n) is 1.98. The molecule has 3 nitrogen and oxygen atoms in total.